The second-order valence-corrected chi connectivity index (χ2v) is 8.18. The Kier molecular flexibility index (Phi) is 6.53. The van der Waals surface area contributed by atoms with E-state index in [1.807, 2.05) is 0 Å². The average molecular weight is 499 g/mol. The lowest BCUT2D eigenvalue weighted by atomic mass is 9.68. The van der Waals surface area contributed by atoms with Crippen LogP contribution in [0.1, 0.15) is 11.1 Å². The van der Waals surface area contributed by atoms with Crippen LogP contribution < -0.4 is 0 Å². The predicted octanol–water partition coefficient (Wildman–Crippen LogP) is 4.25. The van der Waals surface area contributed by atoms with E-state index in [0.717, 1.165) is 17.1 Å². The first-order chi connectivity index (χ1) is 17.6. The van der Waals surface area contributed by atoms with Crippen molar-refractivity contribution in [1.82, 2.24) is 4.90 Å². The zero-order valence-electron chi connectivity index (χ0n) is 19.1. The van der Waals surface area contributed by atoms with Crippen molar-refractivity contribution in [3.05, 3.63) is 108 Å². The van der Waals surface area contributed by atoms with Crippen LogP contribution in [0.2, 0.25) is 0 Å². The van der Waals surface area contributed by atoms with Gasteiger partial charge in [0.25, 0.3) is 0 Å². The van der Waals surface area contributed by atoms with Crippen LogP contribution in [0, 0.1) is 5.41 Å². The van der Waals surface area contributed by atoms with Crippen molar-refractivity contribution in [2.45, 2.75) is 0 Å². The fourth-order valence-electron chi connectivity index (χ4n) is 4.01. The number of nitrogens with zero attached hydrogens (tertiary/aromatic N) is 1. The fraction of sp³-hybridized carbons (Fsp3) is 0.0357. The molecule has 4 rings (SSSR count). The Hall–Kier alpha value is -5.31. The highest BCUT2D eigenvalue weighted by molar-refractivity contribution is 6.22. The summed E-state index contributed by atoms with van der Waals surface area (Å²) < 4.78 is 0. The first kappa shape index (κ1) is 24.8. The van der Waals surface area contributed by atoms with Crippen LogP contribution in [-0.2, 0) is 9.59 Å². The summed E-state index contributed by atoms with van der Waals surface area (Å²) in [6.45, 7) is 0. The van der Waals surface area contributed by atoms with E-state index in [4.69, 9.17) is 0 Å². The number of carbonyl (C=O) groups excluding carboxylic acids is 2. The number of rotatable bonds is 6. The van der Waals surface area contributed by atoms with Gasteiger partial charge in [0, 0.05) is 11.8 Å². The zero-order valence-corrected chi connectivity index (χ0v) is 19.1. The van der Waals surface area contributed by atoms with E-state index >= 15 is 0 Å². The van der Waals surface area contributed by atoms with Gasteiger partial charge in [-0.15, -0.1) is 0 Å². The van der Waals surface area contributed by atoms with E-state index in [1.54, 1.807) is 0 Å². The van der Waals surface area contributed by atoms with Gasteiger partial charge in [-0.25, -0.2) is 4.79 Å². The Labute approximate surface area is 210 Å². The van der Waals surface area contributed by atoms with Crippen LogP contribution in [0.5, 0.6) is 23.0 Å². The van der Waals surface area contributed by atoms with E-state index < -0.39 is 23.1 Å². The molecule has 0 bridgehead atoms. The molecule has 1 aliphatic carbocycles. The summed E-state index contributed by atoms with van der Waals surface area (Å²) in [5.74, 6) is -2.81. The summed E-state index contributed by atoms with van der Waals surface area (Å²) in [7, 11) is 0. The molecular formula is C28H21NO8. The van der Waals surface area contributed by atoms with Gasteiger partial charge < -0.3 is 25.5 Å². The minimum Gasteiger partial charge on any atom is -0.504 e. The maximum atomic E-state index is 13.7. The van der Waals surface area contributed by atoms with E-state index in [1.165, 1.54) is 85.1 Å². The van der Waals surface area contributed by atoms with Crippen LogP contribution >= 0.6 is 0 Å². The van der Waals surface area contributed by atoms with E-state index in [-0.39, 0.29) is 34.3 Å². The third-order valence-electron chi connectivity index (χ3n) is 5.90. The smallest absolute Gasteiger partial charge is 0.415 e. The molecule has 0 fully saturated rings. The molecule has 1 aliphatic heterocycles. The Balaban J connectivity index is 1.78. The third kappa shape index (κ3) is 4.65. The summed E-state index contributed by atoms with van der Waals surface area (Å²) >= 11 is 0. The maximum Gasteiger partial charge on any atom is 0.415 e. The monoisotopic (exact) mass is 499 g/mol. The summed E-state index contributed by atoms with van der Waals surface area (Å²) in [4.78, 5) is 40.1. The van der Waals surface area contributed by atoms with Crippen molar-refractivity contribution < 1.29 is 39.9 Å². The lowest BCUT2D eigenvalue weighted by Crippen LogP contribution is -2.43. The minimum absolute atomic E-state index is 0.130. The molecule has 0 radical (unpaired) electrons. The third-order valence-corrected chi connectivity index (χ3v) is 5.90. The molecule has 2 aliphatic rings. The van der Waals surface area contributed by atoms with Gasteiger partial charge in [-0.05, 0) is 59.7 Å². The molecule has 1 amide bonds. The minimum atomic E-state index is -1.92. The highest BCUT2D eigenvalue weighted by atomic mass is 16.4. The SMILES string of the molecule is O=C(O)N1C=CC=C2C1=CC=CC2(C(=O)C=Cc1ccc(O)c(O)c1)C(=O)C=Cc1ccc(O)c(O)c1. The number of benzene rings is 2. The topological polar surface area (TPSA) is 156 Å². The zero-order chi connectivity index (χ0) is 26.7. The fourth-order valence-corrected chi connectivity index (χ4v) is 4.01. The molecule has 2 aromatic carbocycles. The van der Waals surface area contributed by atoms with Crippen LogP contribution in [-0.4, -0.2) is 48.1 Å². The van der Waals surface area contributed by atoms with Crippen LogP contribution in [0.4, 0.5) is 4.79 Å². The number of hydrogen-bond donors (Lipinski definition) is 5. The molecule has 0 saturated carbocycles. The second-order valence-electron chi connectivity index (χ2n) is 8.18. The quantitative estimate of drug-likeness (QED) is 0.224. The molecule has 0 unspecified atom stereocenters. The predicted molar refractivity (Wildman–Crippen MR) is 134 cm³/mol. The number of phenols is 4. The first-order valence-corrected chi connectivity index (χ1v) is 10.9. The lowest BCUT2D eigenvalue weighted by Gasteiger charge is -2.36. The van der Waals surface area contributed by atoms with Gasteiger partial charge in [-0.2, -0.15) is 0 Å². The molecule has 0 spiro atoms. The molecule has 0 atom stereocenters. The Morgan fingerprint density at radius 3 is 1.76 bits per heavy atom. The maximum absolute atomic E-state index is 13.7. The molecular weight excluding hydrogens is 478 g/mol. The van der Waals surface area contributed by atoms with Gasteiger partial charge in [0.1, 0.15) is 5.41 Å². The first-order valence-electron chi connectivity index (χ1n) is 10.9. The summed E-state index contributed by atoms with van der Waals surface area (Å²) in [6.07, 6.45) is 12.2. The summed E-state index contributed by atoms with van der Waals surface area (Å²) in [5, 5.41) is 48.1. The summed E-state index contributed by atoms with van der Waals surface area (Å²) in [6, 6.07) is 7.89. The molecule has 186 valence electrons. The van der Waals surface area contributed by atoms with Crippen molar-refractivity contribution in [3.63, 3.8) is 0 Å². The number of allylic oxidation sites excluding steroid dienone is 8. The van der Waals surface area contributed by atoms with Crippen molar-refractivity contribution in [2.75, 3.05) is 0 Å². The molecule has 0 saturated heterocycles. The average Bonchev–Trinajstić information content (AvgIpc) is 2.88. The van der Waals surface area contributed by atoms with Crippen LogP contribution in [0.15, 0.2) is 96.4 Å². The molecule has 0 aromatic heterocycles. The van der Waals surface area contributed by atoms with Crippen molar-refractivity contribution >= 4 is 29.8 Å². The highest BCUT2D eigenvalue weighted by Crippen LogP contribution is 2.43. The van der Waals surface area contributed by atoms with Gasteiger partial charge >= 0.3 is 6.09 Å². The highest BCUT2D eigenvalue weighted by Gasteiger charge is 2.48. The Bertz CT molecular complexity index is 1420. The van der Waals surface area contributed by atoms with E-state index in [2.05, 4.69) is 0 Å². The van der Waals surface area contributed by atoms with Gasteiger partial charge in [-0.3, -0.25) is 14.5 Å². The normalized spacial score (nSPS) is 18.5. The van der Waals surface area contributed by atoms with Crippen molar-refractivity contribution in [1.29, 1.82) is 0 Å². The lowest BCUT2D eigenvalue weighted by molar-refractivity contribution is -0.130. The van der Waals surface area contributed by atoms with E-state index in [9.17, 15) is 39.9 Å². The van der Waals surface area contributed by atoms with Crippen LogP contribution in [0.25, 0.3) is 12.2 Å². The Morgan fingerprint density at radius 2 is 1.27 bits per heavy atom. The number of carbonyl (C=O) groups is 3. The molecule has 9 heteroatoms. The molecule has 2 aromatic rings. The standard InChI is InChI=1S/C28H21NO8/c30-21-9-5-17(15-23(21)32)7-11-25(34)28(26(35)12-8-18-6-10-22(31)24(33)16-18)13-1-4-20-19(28)3-2-14-29(20)27(36)37/h1-16,30-33H,(H,36,37). The van der Waals surface area contributed by atoms with E-state index in [0.29, 0.717) is 11.1 Å². The number of hydrogen-bond acceptors (Lipinski definition) is 7. The molecule has 37 heavy (non-hydrogen) atoms. The van der Waals surface area contributed by atoms with Gasteiger partial charge in [0.15, 0.2) is 34.6 Å². The van der Waals surface area contributed by atoms with Crippen molar-refractivity contribution in [3.8, 4) is 23.0 Å². The molecule has 9 nitrogen and oxygen atoms in total. The second kappa shape index (κ2) is 9.74. The Morgan fingerprint density at radius 1 is 0.730 bits per heavy atom. The van der Waals surface area contributed by atoms with Gasteiger partial charge in [0.2, 0.25) is 0 Å². The van der Waals surface area contributed by atoms with Gasteiger partial charge in [0.05, 0.1) is 5.70 Å². The molecule has 1 heterocycles. The van der Waals surface area contributed by atoms with Crippen LogP contribution in [0.3, 0.4) is 0 Å². The number of carboxylic acid groups (broad SMARTS) is 1. The van der Waals surface area contributed by atoms with Crippen molar-refractivity contribution in [2.24, 2.45) is 5.41 Å². The number of ketones is 2. The number of fused-ring (bicyclic) bond motifs is 1. The summed E-state index contributed by atoms with van der Waals surface area (Å²) in [5.41, 5.74) is -0.895. The largest absolute Gasteiger partial charge is 0.504 e. The number of amides is 1. The van der Waals surface area contributed by atoms with Gasteiger partial charge in [-0.1, -0.05) is 42.5 Å². The molecule has 5 N–H and O–H groups in total. The number of phenolic OH excluding ortho intramolecular Hbond substituents is 4. The number of aromatic hydroxyl groups is 4.